The van der Waals surface area contributed by atoms with Gasteiger partial charge in [-0.3, -0.25) is 9.59 Å². The smallest absolute Gasteiger partial charge is 0.255 e. The van der Waals surface area contributed by atoms with Crippen LogP contribution < -0.4 is 15.4 Å². The standard InChI is InChI=1S/C23H28N2O4/c1-23(2,3)25-22(27)19-8-4-5-9-20(19)24-21(26)16-10-12-17(13-11-16)29-15-18-7-6-14-28-18/h4-5,8-13,18H,6-7,14-15H2,1-3H3,(H,24,26)(H,25,27)/t18-/m0/s1. The van der Waals surface area contributed by atoms with Crippen molar-refractivity contribution in [1.29, 1.82) is 0 Å². The molecule has 1 atom stereocenters. The van der Waals surface area contributed by atoms with Crippen LogP contribution in [0.3, 0.4) is 0 Å². The summed E-state index contributed by atoms with van der Waals surface area (Å²) >= 11 is 0. The normalized spacial score (nSPS) is 16.3. The Labute approximate surface area is 171 Å². The second kappa shape index (κ2) is 9.09. The maximum atomic E-state index is 12.6. The number of anilines is 1. The zero-order chi connectivity index (χ0) is 20.9. The zero-order valence-electron chi connectivity index (χ0n) is 17.2. The number of rotatable bonds is 6. The fourth-order valence-electron chi connectivity index (χ4n) is 3.06. The predicted octanol–water partition coefficient (Wildman–Crippen LogP) is 4.03. The van der Waals surface area contributed by atoms with Gasteiger partial charge in [-0.25, -0.2) is 0 Å². The van der Waals surface area contributed by atoms with Gasteiger partial charge in [0, 0.05) is 17.7 Å². The number of hydrogen-bond acceptors (Lipinski definition) is 4. The minimum absolute atomic E-state index is 0.147. The van der Waals surface area contributed by atoms with Crippen LogP contribution in [0.1, 0.15) is 54.3 Å². The number of amides is 2. The number of para-hydroxylation sites is 1. The molecule has 6 nitrogen and oxygen atoms in total. The van der Waals surface area contributed by atoms with Gasteiger partial charge in [-0.1, -0.05) is 12.1 Å². The van der Waals surface area contributed by atoms with E-state index in [9.17, 15) is 9.59 Å². The summed E-state index contributed by atoms with van der Waals surface area (Å²) in [5.41, 5.74) is 1.01. The van der Waals surface area contributed by atoms with E-state index in [0.717, 1.165) is 19.4 Å². The Balaban J connectivity index is 1.63. The molecule has 0 unspecified atom stereocenters. The summed E-state index contributed by atoms with van der Waals surface area (Å²) in [7, 11) is 0. The van der Waals surface area contributed by atoms with E-state index >= 15 is 0 Å². The Morgan fingerprint density at radius 3 is 2.45 bits per heavy atom. The van der Waals surface area contributed by atoms with Gasteiger partial charge in [0.25, 0.3) is 11.8 Å². The number of carbonyl (C=O) groups is 2. The van der Waals surface area contributed by atoms with Crippen LogP contribution in [0, 0.1) is 0 Å². The van der Waals surface area contributed by atoms with E-state index < -0.39 is 0 Å². The van der Waals surface area contributed by atoms with Crippen molar-refractivity contribution < 1.29 is 19.1 Å². The number of ether oxygens (including phenoxy) is 2. The van der Waals surface area contributed by atoms with Gasteiger partial charge < -0.3 is 20.1 Å². The lowest BCUT2D eigenvalue weighted by atomic mass is 10.1. The third-order valence-corrected chi connectivity index (χ3v) is 4.48. The summed E-state index contributed by atoms with van der Waals surface area (Å²) in [4.78, 5) is 25.2. The fourth-order valence-corrected chi connectivity index (χ4v) is 3.06. The van der Waals surface area contributed by atoms with Crippen molar-refractivity contribution in [2.75, 3.05) is 18.5 Å². The second-order valence-corrected chi connectivity index (χ2v) is 8.17. The highest BCUT2D eigenvalue weighted by Crippen LogP contribution is 2.20. The summed E-state index contributed by atoms with van der Waals surface area (Å²) in [5.74, 6) is 0.181. The summed E-state index contributed by atoms with van der Waals surface area (Å²) < 4.78 is 11.3. The first-order chi connectivity index (χ1) is 13.8. The molecule has 1 heterocycles. The number of nitrogens with one attached hydrogen (secondary N) is 2. The highest BCUT2D eigenvalue weighted by atomic mass is 16.5. The minimum atomic E-state index is -0.367. The highest BCUT2D eigenvalue weighted by molar-refractivity contribution is 6.09. The van der Waals surface area contributed by atoms with Crippen molar-refractivity contribution in [3.05, 3.63) is 59.7 Å². The molecule has 154 valence electrons. The molecule has 1 aliphatic rings. The number of carbonyl (C=O) groups excluding carboxylic acids is 2. The molecule has 6 heteroatoms. The Morgan fingerprint density at radius 2 is 1.79 bits per heavy atom. The third-order valence-electron chi connectivity index (χ3n) is 4.48. The lowest BCUT2D eigenvalue weighted by molar-refractivity contribution is 0.0679. The Hall–Kier alpha value is -2.86. The molecule has 0 spiro atoms. The predicted molar refractivity (Wildman–Crippen MR) is 113 cm³/mol. The molecule has 1 aliphatic heterocycles. The van der Waals surface area contributed by atoms with Crippen LogP contribution in [0.15, 0.2) is 48.5 Å². The van der Waals surface area contributed by atoms with Gasteiger partial charge in [0.15, 0.2) is 0 Å². The van der Waals surface area contributed by atoms with E-state index in [1.165, 1.54) is 0 Å². The molecule has 2 N–H and O–H groups in total. The summed E-state index contributed by atoms with van der Waals surface area (Å²) in [6.45, 7) is 7.04. The topological polar surface area (TPSA) is 76.7 Å². The number of hydrogen-bond donors (Lipinski definition) is 2. The summed E-state index contributed by atoms with van der Waals surface area (Å²) in [6.07, 6.45) is 2.24. The van der Waals surface area contributed by atoms with Crippen LogP contribution in [-0.4, -0.2) is 36.7 Å². The first kappa shape index (κ1) is 20.9. The Kier molecular flexibility index (Phi) is 6.54. The van der Waals surface area contributed by atoms with Crippen molar-refractivity contribution in [3.8, 4) is 5.75 Å². The van der Waals surface area contributed by atoms with Gasteiger partial charge in [0.2, 0.25) is 0 Å². The molecule has 2 aromatic carbocycles. The molecule has 0 bridgehead atoms. The Bertz CT molecular complexity index is 850. The lowest BCUT2D eigenvalue weighted by Crippen LogP contribution is -2.40. The van der Waals surface area contributed by atoms with Crippen molar-refractivity contribution >= 4 is 17.5 Å². The zero-order valence-corrected chi connectivity index (χ0v) is 17.2. The SMILES string of the molecule is CC(C)(C)NC(=O)c1ccccc1NC(=O)c1ccc(OC[C@@H]2CCCO2)cc1. The first-order valence-corrected chi connectivity index (χ1v) is 9.89. The van der Waals surface area contributed by atoms with Crippen molar-refractivity contribution in [2.45, 2.75) is 45.3 Å². The van der Waals surface area contributed by atoms with Gasteiger partial charge in [-0.05, 0) is 70.0 Å². The maximum absolute atomic E-state index is 12.6. The Morgan fingerprint density at radius 1 is 1.07 bits per heavy atom. The molecule has 1 saturated heterocycles. The second-order valence-electron chi connectivity index (χ2n) is 8.17. The maximum Gasteiger partial charge on any atom is 0.255 e. The third kappa shape index (κ3) is 6.06. The highest BCUT2D eigenvalue weighted by Gasteiger charge is 2.19. The minimum Gasteiger partial charge on any atom is -0.491 e. The molecule has 0 aliphatic carbocycles. The van der Waals surface area contributed by atoms with E-state index in [0.29, 0.717) is 29.2 Å². The van der Waals surface area contributed by atoms with Gasteiger partial charge in [0.1, 0.15) is 12.4 Å². The van der Waals surface area contributed by atoms with Crippen LogP contribution in [0.4, 0.5) is 5.69 Å². The van der Waals surface area contributed by atoms with Gasteiger partial charge in [0.05, 0.1) is 17.4 Å². The van der Waals surface area contributed by atoms with E-state index in [1.807, 2.05) is 20.8 Å². The van der Waals surface area contributed by atoms with E-state index in [4.69, 9.17) is 9.47 Å². The van der Waals surface area contributed by atoms with E-state index in [2.05, 4.69) is 10.6 Å². The first-order valence-electron chi connectivity index (χ1n) is 9.89. The molecule has 2 aromatic rings. The average Bonchev–Trinajstić information content (AvgIpc) is 3.19. The van der Waals surface area contributed by atoms with Gasteiger partial charge >= 0.3 is 0 Å². The lowest BCUT2D eigenvalue weighted by Gasteiger charge is -2.21. The largest absolute Gasteiger partial charge is 0.491 e. The molecule has 29 heavy (non-hydrogen) atoms. The van der Waals surface area contributed by atoms with Gasteiger partial charge in [-0.2, -0.15) is 0 Å². The van der Waals surface area contributed by atoms with Crippen molar-refractivity contribution in [3.63, 3.8) is 0 Å². The molecule has 3 rings (SSSR count). The molecule has 0 aromatic heterocycles. The summed E-state index contributed by atoms with van der Waals surface area (Å²) in [6, 6.07) is 13.9. The van der Waals surface area contributed by atoms with Crippen LogP contribution in [0.5, 0.6) is 5.75 Å². The fraction of sp³-hybridized carbons (Fsp3) is 0.391. The van der Waals surface area contributed by atoms with Crippen LogP contribution >= 0.6 is 0 Å². The van der Waals surface area contributed by atoms with Crippen LogP contribution in [0.2, 0.25) is 0 Å². The van der Waals surface area contributed by atoms with Gasteiger partial charge in [-0.15, -0.1) is 0 Å². The van der Waals surface area contributed by atoms with Crippen LogP contribution in [0.25, 0.3) is 0 Å². The monoisotopic (exact) mass is 396 g/mol. The van der Waals surface area contributed by atoms with Crippen molar-refractivity contribution in [1.82, 2.24) is 5.32 Å². The molecule has 2 amide bonds. The molecule has 0 saturated carbocycles. The molecule has 1 fully saturated rings. The van der Waals surface area contributed by atoms with E-state index in [1.54, 1.807) is 48.5 Å². The molecule has 0 radical (unpaired) electrons. The molecular weight excluding hydrogens is 368 g/mol. The molecular formula is C23H28N2O4. The van der Waals surface area contributed by atoms with E-state index in [-0.39, 0.29) is 23.5 Å². The average molecular weight is 396 g/mol. The van der Waals surface area contributed by atoms with Crippen molar-refractivity contribution in [2.24, 2.45) is 0 Å². The summed E-state index contributed by atoms with van der Waals surface area (Å²) in [5, 5.41) is 5.75. The van der Waals surface area contributed by atoms with Crippen LogP contribution in [-0.2, 0) is 4.74 Å². The quantitative estimate of drug-likeness (QED) is 0.773. The number of benzene rings is 2.